The second kappa shape index (κ2) is 3.92. The Hall–Kier alpha value is -0.530. The molecule has 0 saturated heterocycles. The number of thiophene rings is 1. The van der Waals surface area contributed by atoms with Crippen molar-refractivity contribution in [2.75, 3.05) is 0 Å². The van der Waals surface area contributed by atoms with Crippen LogP contribution < -0.4 is 9.75 Å². The molecule has 0 aromatic carbocycles. The molecule has 64 valence electrons. The largest absolute Gasteiger partial charge is 0.139 e. The molecule has 0 aliphatic carbocycles. The topological polar surface area (TPSA) is 0 Å². The molecule has 0 fully saturated rings. The molecule has 1 unspecified atom stereocenters. The average Bonchev–Trinajstić information content (AvgIpc) is 2.34. The number of rotatable bonds is 2. The van der Waals surface area contributed by atoms with Crippen LogP contribution in [0.3, 0.4) is 0 Å². The van der Waals surface area contributed by atoms with Crippen LogP contribution in [0.1, 0.15) is 17.2 Å². The van der Waals surface area contributed by atoms with Gasteiger partial charge >= 0.3 is 0 Å². The number of allylic oxidation sites excluding steroid dienone is 1. The lowest BCUT2D eigenvalue weighted by Gasteiger charge is -1.93. The Bertz CT molecular complexity index is 373. The SMILES string of the molecule is C=C/C=c1/cc(C(C)Cl)sc1=C. The second-order valence-electron chi connectivity index (χ2n) is 2.55. The first-order valence-electron chi connectivity index (χ1n) is 3.70. The van der Waals surface area contributed by atoms with Gasteiger partial charge < -0.3 is 0 Å². The molecule has 12 heavy (non-hydrogen) atoms. The van der Waals surface area contributed by atoms with Gasteiger partial charge in [0.05, 0.1) is 5.38 Å². The Balaban J connectivity index is 3.27. The highest BCUT2D eigenvalue weighted by atomic mass is 35.5. The van der Waals surface area contributed by atoms with Crippen LogP contribution in [0.4, 0.5) is 0 Å². The predicted octanol–water partition coefficient (Wildman–Crippen LogP) is 2.42. The van der Waals surface area contributed by atoms with Crippen molar-refractivity contribution in [3.63, 3.8) is 0 Å². The lowest BCUT2D eigenvalue weighted by Crippen LogP contribution is -2.14. The number of halogens is 1. The van der Waals surface area contributed by atoms with Crippen molar-refractivity contribution in [1.29, 1.82) is 0 Å². The van der Waals surface area contributed by atoms with Gasteiger partial charge in [-0.3, -0.25) is 0 Å². The van der Waals surface area contributed by atoms with E-state index >= 15 is 0 Å². The van der Waals surface area contributed by atoms with Crippen molar-refractivity contribution in [3.8, 4) is 0 Å². The fourth-order valence-corrected chi connectivity index (χ4v) is 2.00. The maximum Gasteiger partial charge on any atom is 0.0650 e. The molecule has 1 rings (SSSR count). The lowest BCUT2D eigenvalue weighted by molar-refractivity contribution is 1.12. The first kappa shape index (κ1) is 9.56. The molecule has 0 aliphatic heterocycles. The minimum Gasteiger partial charge on any atom is -0.139 e. The minimum absolute atomic E-state index is 0.0717. The Morgan fingerprint density at radius 1 is 1.67 bits per heavy atom. The van der Waals surface area contributed by atoms with Gasteiger partial charge in [0.15, 0.2) is 0 Å². The Kier molecular flexibility index (Phi) is 3.12. The van der Waals surface area contributed by atoms with Crippen molar-refractivity contribution in [2.24, 2.45) is 0 Å². The molecular weight excluding hydrogens is 188 g/mol. The van der Waals surface area contributed by atoms with Crippen LogP contribution >= 0.6 is 22.9 Å². The minimum atomic E-state index is 0.0717. The standard InChI is InChI=1S/C10H11ClS/c1-4-5-9-6-10(7(2)11)12-8(9)3/h4-7H,1,3H2,2H3/b9-5-. The number of hydrogen-bond acceptors (Lipinski definition) is 1. The van der Waals surface area contributed by atoms with E-state index in [4.69, 9.17) is 11.6 Å². The van der Waals surface area contributed by atoms with E-state index in [2.05, 4.69) is 19.2 Å². The summed E-state index contributed by atoms with van der Waals surface area (Å²) in [7, 11) is 0. The summed E-state index contributed by atoms with van der Waals surface area (Å²) in [6.07, 6.45) is 3.71. The summed E-state index contributed by atoms with van der Waals surface area (Å²) in [4.78, 5) is 1.16. The third kappa shape index (κ3) is 1.99. The summed E-state index contributed by atoms with van der Waals surface area (Å²) in [6, 6.07) is 2.06. The zero-order chi connectivity index (χ0) is 9.14. The van der Waals surface area contributed by atoms with E-state index in [-0.39, 0.29) is 5.38 Å². The summed E-state index contributed by atoms with van der Waals surface area (Å²) in [5.74, 6) is 0. The molecule has 0 radical (unpaired) electrons. The number of alkyl halides is 1. The fourth-order valence-electron chi connectivity index (χ4n) is 0.928. The highest BCUT2D eigenvalue weighted by Crippen LogP contribution is 2.19. The molecule has 0 spiro atoms. The van der Waals surface area contributed by atoms with Gasteiger partial charge in [0.2, 0.25) is 0 Å². The predicted molar refractivity (Wildman–Crippen MR) is 58.0 cm³/mol. The summed E-state index contributed by atoms with van der Waals surface area (Å²) >= 11 is 7.57. The molecular formula is C10H11ClS. The van der Waals surface area contributed by atoms with E-state index in [9.17, 15) is 0 Å². The van der Waals surface area contributed by atoms with Crippen molar-refractivity contribution in [1.82, 2.24) is 0 Å². The molecule has 0 bridgehead atoms. The monoisotopic (exact) mass is 198 g/mol. The highest BCUT2D eigenvalue weighted by molar-refractivity contribution is 7.10. The smallest absolute Gasteiger partial charge is 0.0650 e. The van der Waals surface area contributed by atoms with E-state index in [0.717, 1.165) is 14.6 Å². The molecule has 1 heterocycles. The van der Waals surface area contributed by atoms with Crippen molar-refractivity contribution >= 4 is 35.6 Å². The van der Waals surface area contributed by atoms with Crippen LogP contribution in [0, 0.1) is 0 Å². The van der Waals surface area contributed by atoms with Gasteiger partial charge in [-0.1, -0.05) is 25.3 Å². The molecule has 0 nitrogen and oxygen atoms in total. The Morgan fingerprint density at radius 3 is 2.75 bits per heavy atom. The zero-order valence-electron chi connectivity index (χ0n) is 7.01. The van der Waals surface area contributed by atoms with Gasteiger partial charge in [0.1, 0.15) is 0 Å². The van der Waals surface area contributed by atoms with Gasteiger partial charge in [0.25, 0.3) is 0 Å². The van der Waals surface area contributed by atoms with Crippen LogP contribution in [-0.4, -0.2) is 0 Å². The molecule has 2 heteroatoms. The quantitative estimate of drug-likeness (QED) is 0.641. The zero-order valence-corrected chi connectivity index (χ0v) is 8.58. The first-order valence-corrected chi connectivity index (χ1v) is 4.96. The van der Waals surface area contributed by atoms with Crippen LogP contribution in [0.15, 0.2) is 18.7 Å². The molecule has 1 aromatic heterocycles. The van der Waals surface area contributed by atoms with Gasteiger partial charge in [-0.15, -0.1) is 22.9 Å². The number of hydrogen-bond donors (Lipinski definition) is 0. The summed E-state index contributed by atoms with van der Waals surface area (Å²) < 4.78 is 1.05. The average molecular weight is 199 g/mol. The van der Waals surface area contributed by atoms with Gasteiger partial charge in [-0.25, -0.2) is 0 Å². The van der Waals surface area contributed by atoms with Gasteiger partial charge in [-0.2, -0.15) is 0 Å². The van der Waals surface area contributed by atoms with E-state index in [1.165, 1.54) is 0 Å². The van der Waals surface area contributed by atoms with E-state index in [0.29, 0.717) is 0 Å². The maximum absolute atomic E-state index is 5.93. The summed E-state index contributed by atoms with van der Waals surface area (Å²) in [6.45, 7) is 9.53. The fraction of sp³-hybridized carbons (Fsp3) is 0.200. The molecule has 1 atom stereocenters. The third-order valence-corrected chi connectivity index (χ3v) is 3.10. The van der Waals surface area contributed by atoms with Gasteiger partial charge in [-0.05, 0) is 18.2 Å². The lowest BCUT2D eigenvalue weighted by atomic mass is 10.3. The highest BCUT2D eigenvalue weighted by Gasteiger charge is 2.02. The van der Waals surface area contributed by atoms with Crippen LogP contribution in [0.5, 0.6) is 0 Å². The molecule has 0 amide bonds. The molecule has 0 aliphatic rings. The molecule has 1 aromatic rings. The van der Waals surface area contributed by atoms with E-state index in [1.54, 1.807) is 17.4 Å². The maximum atomic E-state index is 5.93. The Morgan fingerprint density at radius 2 is 2.33 bits per heavy atom. The van der Waals surface area contributed by atoms with Crippen LogP contribution in [-0.2, 0) is 0 Å². The van der Waals surface area contributed by atoms with E-state index < -0.39 is 0 Å². The first-order chi connectivity index (χ1) is 5.65. The molecule has 0 saturated carbocycles. The summed E-state index contributed by atoms with van der Waals surface area (Å²) in [5.41, 5.74) is 0. The van der Waals surface area contributed by atoms with Crippen molar-refractivity contribution < 1.29 is 0 Å². The Labute approximate surface area is 81.5 Å². The van der Waals surface area contributed by atoms with E-state index in [1.807, 2.05) is 13.0 Å². The van der Waals surface area contributed by atoms with Gasteiger partial charge in [0, 0.05) is 9.41 Å². The van der Waals surface area contributed by atoms with Crippen molar-refractivity contribution in [3.05, 3.63) is 33.3 Å². The second-order valence-corrected chi connectivity index (χ2v) is 4.37. The summed E-state index contributed by atoms with van der Waals surface area (Å²) in [5, 5.41) is 1.19. The van der Waals surface area contributed by atoms with Crippen molar-refractivity contribution in [2.45, 2.75) is 12.3 Å². The van der Waals surface area contributed by atoms with Crippen LogP contribution in [0.2, 0.25) is 0 Å². The van der Waals surface area contributed by atoms with Crippen LogP contribution in [0.25, 0.3) is 12.7 Å². The normalized spacial score (nSPS) is 14.7. The molecule has 0 N–H and O–H groups in total. The third-order valence-electron chi connectivity index (χ3n) is 1.55.